The minimum Gasteiger partial charge on any atom is -0.507 e. The summed E-state index contributed by atoms with van der Waals surface area (Å²) < 4.78 is 13.9. The molecule has 1 aliphatic rings. The number of carbonyl (C=O) groups is 2. The molecule has 2 aromatic rings. The van der Waals surface area contributed by atoms with Gasteiger partial charge in [-0.1, -0.05) is 24.8 Å². The fourth-order valence-corrected chi connectivity index (χ4v) is 2.89. The molecule has 0 atom stereocenters. The SMILES string of the molecule is C=CC(=O)Nc1ccc(O)c(C(=O)N2CC(O)(c3ccccc3F)C2)c1. The summed E-state index contributed by atoms with van der Waals surface area (Å²) in [6.45, 7) is 3.14. The number of aliphatic hydroxyl groups is 1. The van der Waals surface area contributed by atoms with Crippen molar-refractivity contribution in [3.05, 3.63) is 72.1 Å². The minimum atomic E-state index is -1.47. The molecular weight excluding hydrogens is 339 g/mol. The summed E-state index contributed by atoms with van der Waals surface area (Å²) in [6.07, 6.45) is 1.08. The number of amides is 2. The summed E-state index contributed by atoms with van der Waals surface area (Å²) in [4.78, 5) is 25.2. The lowest BCUT2D eigenvalue weighted by Gasteiger charge is -2.46. The highest BCUT2D eigenvalue weighted by molar-refractivity contribution is 6.02. The zero-order valence-electron chi connectivity index (χ0n) is 13.8. The average Bonchev–Trinajstić information content (AvgIpc) is 2.60. The lowest BCUT2D eigenvalue weighted by atomic mass is 9.85. The molecule has 26 heavy (non-hydrogen) atoms. The van der Waals surface area contributed by atoms with Crippen LogP contribution in [-0.2, 0) is 10.4 Å². The number of nitrogens with zero attached hydrogens (tertiary/aromatic N) is 1. The van der Waals surface area contributed by atoms with Crippen molar-refractivity contribution < 1.29 is 24.2 Å². The third-order valence-corrected chi connectivity index (χ3v) is 4.25. The zero-order valence-corrected chi connectivity index (χ0v) is 13.8. The highest BCUT2D eigenvalue weighted by atomic mass is 19.1. The second kappa shape index (κ2) is 6.61. The van der Waals surface area contributed by atoms with Crippen molar-refractivity contribution in [3.8, 4) is 5.75 Å². The maximum absolute atomic E-state index is 13.9. The molecule has 2 aromatic carbocycles. The monoisotopic (exact) mass is 356 g/mol. The Labute approximate surface area is 149 Å². The van der Waals surface area contributed by atoms with Gasteiger partial charge in [-0.3, -0.25) is 9.59 Å². The van der Waals surface area contributed by atoms with Crippen molar-refractivity contribution in [1.29, 1.82) is 0 Å². The maximum atomic E-state index is 13.9. The Hall–Kier alpha value is -3.19. The van der Waals surface area contributed by atoms with Crippen LogP contribution in [0.5, 0.6) is 5.75 Å². The van der Waals surface area contributed by atoms with Gasteiger partial charge in [0.15, 0.2) is 0 Å². The molecule has 2 amide bonds. The number of aromatic hydroxyl groups is 1. The van der Waals surface area contributed by atoms with Gasteiger partial charge in [0.1, 0.15) is 17.2 Å². The number of halogens is 1. The predicted molar refractivity (Wildman–Crippen MR) is 93.1 cm³/mol. The van der Waals surface area contributed by atoms with Crippen molar-refractivity contribution in [2.45, 2.75) is 5.60 Å². The van der Waals surface area contributed by atoms with E-state index in [4.69, 9.17) is 0 Å². The van der Waals surface area contributed by atoms with E-state index >= 15 is 0 Å². The predicted octanol–water partition coefficient (Wildman–Crippen LogP) is 2.00. The second-order valence-electron chi connectivity index (χ2n) is 6.10. The van der Waals surface area contributed by atoms with Crippen LogP contribution < -0.4 is 5.32 Å². The zero-order chi connectivity index (χ0) is 18.9. The molecule has 3 rings (SSSR count). The standard InChI is InChI=1S/C19H17FN2O4/c1-2-17(24)21-12-7-8-16(23)13(9-12)18(25)22-10-19(26,11-22)14-5-3-4-6-15(14)20/h2-9,23,26H,1,10-11H2,(H,21,24). The second-order valence-corrected chi connectivity index (χ2v) is 6.10. The van der Waals surface area contributed by atoms with Crippen LogP contribution >= 0.6 is 0 Å². The number of phenolic OH excluding ortho intramolecular Hbond substituents is 1. The first-order valence-corrected chi connectivity index (χ1v) is 7.87. The van der Waals surface area contributed by atoms with Crippen LogP contribution in [0.2, 0.25) is 0 Å². The van der Waals surface area contributed by atoms with E-state index in [0.29, 0.717) is 5.69 Å². The average molecular weight is 356 g/mol. The van der Waals surface area contributed by atoms with E-state index in [2.05, 4.69) is 11.9 Å². The molecule has 0 aliphatic carbocycles. The summed E-state index contributed by atoms with van der Waals surface area (Å²) in [7, 11) is 0. The molecule has 0 unspecified atom stereocenters. The molecule has 0 bridgehead atoms. The molecule has 0 saturated carbocycles. The fraction of sp³-hybridized carbons (Fsp3) is 0.158. The molecule has 7 heteroatoms. The van der Waals surface area contributed by atoms with Gasteiger partial charge in [-0.15, -0.1) is 0 Å². The summed E-state index contributed by atoms with van der Waals surface area (Å²) >= 11 is 0. The van der Waals surface area contributed by atoms with Crippen molar-refractivity contribution in [3.63, 3.8) is 0 Å². The first-order valence-electron chi connectivity index (χ1n) is 7.87. The highest BCUT2D eigenvalue weighted by Gasteiger charge is 2.46. The number of anilines is 1. The van der Waals surface area contributed by atoms with Crippen LogP contribution in [0.1, 0.15) is 15.9 Å². The molecule has 0 spiro atoms. The van der Waals surface area contributed by atoms with E-state index in [1.54, 1.807) is 6.07 Å². The van der Waals surface area contributed by atoms with Crippen LogP contribution in [0.4, 0.5) is 10.1 Å². The molecule has 1 fully saturated rings. The Bertz CT molecular complexity index is 891. The van der Waals surface area contributed by atoms with Crippen molar-refractivity contribution >= 4 is 17.5 Å². The van der Waals surface area contributed by atoms with Gasteiger partial charge in [-0.25, -0.2) is 4.39 Å². The van der Waals surface area contributed by atoms with Gasteiger partial charge in [0.25, 0.3) is 5.91 Å². The van der Waals surface area contributed by atoms with E-state index in [0.717, 1.165) is 6.08 Å². The van der Waals surface area contributed by atoms with Gasteiger partial charge < -0.3 is 20.4 Å². The van der Waals surface area contributed by atoms with Crippen molar-refractivity contribution in [2.24, 2.45) is 0 Å². The van der Waals surface area contributed by atoms with E-state index < -0.39 is 23.2 Å². The Morgan fingerprint density at radius 1 is 1.23 bits per heavy atom. The van der Waals surface area contributed by atoms with Crippen LogP contribution in [-0.4, -0.2) is 40.0 Å². The molecular formula is C19H17FN2O4. The van der Waals surface area contributed by atoms with Gasteiger partial charge in [0, 0.05) is 11.3 Å². The molecule has 3 N–H and O–H groups in total. The fourth-order valence-electron chi connectivity index (χ4n) is 2.89. The Morgan fingerprint density at radius 3 is 2.58 bits per heavy atom. The van der Waals surface area contributed by atoms with Gasteiger partial charge in [0.05, 0.1) is 18.7 Å². The molecule has 1 heterocycles. The number of hydrogen-bond donors (Lipinski definition) is 3. The van der Waals surface area contributed by atoms with E-state index in [-0.39, 0.29) is 30.0 Å². The number of nitrogens with one attached hydrogen (secondary N) is 1. The lowest BCUT2D eigenvalue weighted by Crippen LogP contribution is -2.61. The topological polar surface area (TPSA) is 89.9 Å². The molecule has 0 aromatic heterocycles. The number of phenols is 1. The largest absolute Gasteiger partial charge is 0.507 e. The Kier molecular flexibility index (Phi) is 4.48. The van der Waals surface area contributed by atoms with Crippen molar-refractivity contribution in [2.75, 3.05) is 18.4 Å². The smallest absolute Gasteiger partial charge is 0.257 e. The lowest BCUT2D eigenvalue weighted by molar-refractivity contribution is -0.111. The van der Waals surface area contributed by atoms with Crippen LogP contribution in [0.25, 0.3) is 0 Å². The van der Waals surface area contributed by atoms with Gasteiger partial charge >= 0.3 is 0 Å². The number of β-amino-alcohol motifs (C(OH)–C–C–N with tert-alkyl or cyclic N) is 1. The van der Waals surface area contributed by atoms with E-state index in [1.807, 2.05) is 0 Å². The highest BCUT2D eigenvalue weighted by Crippen LogP contribution is 2.35. The number of rotatable bonds is 4. The van der Waals surface area contributed by atoms with Gasteiger partial charge in [-0.05, 0) is 30.3 Å². The van der Waals surface area contributed by atoms with Gasteiger partial charge in [0.2, 0.25) is 5.91 Å². The number of benzene rings is 2. The quantitative estimate of drug-likeness (QED) is 0.577. The molecule has 1 saturated heterocycles. The summed E-state index contributed by atoms with van der Waals surface area (Å²) in [5.74, 6) is -1.78. The Morgan fingerprint density at radius 2 is 1.92 bits per heavy atom. The third-order valence-electron chi connectivity index (χ3n) is 4.25. The first-order chi connectivity index (χ1) is 12.3. The minimum absolute atomic E-state index is 0.0255. The van der Waals surface area contributed by atoms with Crippen LogP contribution in [0.3, 0.4) is 0 Å². The molecule has 6 nitrogen and oxygen atoms in total. The van der Waals surface area contributed by atoms with Crippen LogP contribution in [0, 0.1) is 5.82 Å². The van der Waals surface area contributed by atoms with Crippen LogP contribution in [0.15, 0.2) is 55.1 Å². The third kappa shape index (κ3) is 3.16. The summed E-state index contributed by atoms with van der Waals surface area (Å²) in [5.41, 5.74) is -1.05. The molecule has 0 radical (unpaired) electrons. The first kappa shape index (κ1) is 17.6. The summed E-state index contributed by atoms with van der Waals surface area (Å²) in [5, 5.41) is 23.0. The number of hydrogen-bond acceptors (Lipinski definition) is 4. The Balaban J connectivity index is 1.77. The van der Waals surface area contributed by atoms with Crippen molar-refractivity contribution in [1.82, 2.24) is 4.90 Å². The van der Waals surface area contributed by atoms with E-state index in [1.165, 1.54) is 41.3 Å². The number of likely N-dealkylation sites (tertiary alicyclic amines) is 1. The van der Waals surface area contributed by atoms with Gasteiger partial charge in [-0.2, -0.15) is 0 Å². The molecule has 134 valence electrons. The summed E-state index contributed by atoms with van der Waals surface area (Å²) in [6, 6.07) is 9.91. The van der Waals surface area contributed by atoms with E-state index in [9.17, 15) is 24.2 Å². The maximum Gasteiger partial charge on any atom is 0.257 e. The number of carbonyl (C=O) groups excluding carboxylic acids is 2. The molecule has 1 aliphatic heterocycles. The normalized spacial score (nSPS) is 15.1.